The zero-order chi connectivity index (χ0) is 11.7. The van der Waals surface area contributed by atoms with Crippen molar-refractivity contribution >= 4 is 18.6 Å². The molecule has 0 spiro atoms. The van der Waals surface area contributed by atoms with Gasteiger partial charge in [-0.2, -0.15) is 12.6 Å². The Morgan fingerprint density at radius 3 is 2.60 bits per heavy atom. The van der Waals surface area contributed by atoms with Gasteiger partial charge in [-0.05, 0) is 18.1 Å². The van der Waals surface area contributed by atoms with Crippen LogP contribution in [0.5, 0.6) is 0 Å². The molecule has 0 bridgehead atoms. The number of thiol groups is 1. The van der Waals surface area contributed by atoms with Gasteiger partial charge in [0.2, 0.25) is 0 Å². The minimum atomic E-state index is -0.562. The minimum absolute atomic E-state index is 0.270. The summed E-state index contributed by atoms with van der Waals surface area (Å²) in [5, 5.41) is 0. The van der Waals surface area contributed by atoms with Gasteiger partial charge in [-0.15, -0.1) is 0 Å². The maximum Gasteiger partial charge on any atom is 0.323 e. The molecule has 0 rings (SSSR count). The van der Waals surface area contributed by atoms with Crippen LogP contribution >= 0.6 is 12.6 Å². The van der Waals surface area contributed by atoms with Crippen LogP contribution in [0.15, 0.2) is 0 Å². The third-order valence-corrected chi connectivity index (χ3v) is 1.92. The first-order chi connectivity index (χ1) is 7.07. The normalized spacial score (nSPS) is 12.9. The first-order valence-corrected chi connectivity index (χ1v) is 5.82. The average Bonchev–Trinajstić information content (AvgIpc) is 2.16. The highest BCUT2D eigenvalue weighted by Gasteiger charge is 2.13. The molecule has 0 aromatic heterocycles. The molecule has 4 nitrogen and oxygen atoms in total. The van der Waals surface area contributed by atoms with Crippen molar-refractivity contribution in [1.29, 1.82) is 0 Å². The lowest BCUT2D eigenvalue weighted by molar-refractivity contribution is -0.146. The molecule has 15 heavy (non-hydrogen) atoms. The van der Waals surface area contributed by atoms with E-state index in [2.05, 4.69) is 26.5 Å². The van der Waals surface area contributed by atoms with Crippen LogP contribution in [0.3, 0.4) is 0 Å². The fourth-order valence-electron chi connectivity index (χ4n) is 0.884. The molecule has 0 fully saturated rings. The van der Waals surface area contributed by atoms with Gasteiger partial charge in [-0.1, -0.05) is 13.8 Å². The zero-order valence-corrected chi connectivity index (χ0v) is 10.3. The zero-order valence-electron chi connectivity index (χ0n) is 9.44. The van der Waals surface area contributed by atoms with Gasteiger partial charge in [0.05, 0.1) is 6.61 Å². The smallest absolute Gasteiger partial charge is 0.323 e. The lowest BCUT2D eigenvalue weighted by Crippen LogP contribution is -2.33. The molecule has 2 N–H and O–H groups in total. The molecule has 0 amide bonds. The van der Waals surface area contributed by atoms with Gasteiger partial charge >= 0.3 is 5.97 Å². The molecule has 90 valence electrons. The van der Waals surface area contributed by atoms with Crippen molar-refractivity contribution in [3.63, 3.8) is 0 Å². The van der Waals surface area contributed by atoms with Crippen molar-refractivity contribution in [2.45, 2.75) is 26.3 Å². The third kappa shape index (κ3) is 8.72. The van der Waals surface area contributed by atoms with Crippen LogP contribution in [-0.4, -0.2) is 37.6 Å². The van der Waals surface area contributed by atoms with Crippen LogP contribution in [0, 0.1) is 5.92 Å². The summed E-state index contributed by atoms with van der Waals surface area (Å²) in [6.07, 6.45) is 0.537. The van der Waals surface area contributed by atoms with E-state index in [1.54, 1.807) is 0 Å². The second kappa shape index (κ2) is 9.00. The molecule has 1 atom stereocenters. The van der Waals surface area contributed by atoms with Crippen molar-refractivity contribution in [3.05, 3.63) is 0 Å². The summed E-state index contributed by atoms with van der Waals surface area (Å²) in [5.74, 6) is 0.699. The molecule has 0 heterocycles. The highest BCUT2D eigenvalue weighted by atomic mass is 32.1. The number of hydrogen-bond donors (Lipinski definition) is 2. The largest absolute Gasteiger partial charge is 0.462 e. The SMILES string of the molecule is CC(C)COCCOC(=O)C(N)CCS. The van der Waals surface area contributed by atoms with E-state index in [1.807, 2.05) is 0 Å². The predicted octanol–water partition coefficient (Wildman–Crippen LogP) is 0.849. The number of carbonyl (C=O) groups excluding carboxylic acids is 1. The molecule has 0 aromatic rings. The average molecular weight is 235 g/mol. The lowest BCUT2D eigenvalue weighted by Gasteiger charge is -2.11. The van der Waals surface area contributed by atoms with Crippen LogP contribution < -0.4 is 5.73 Å². The molecular weight excluding hydrogens is 214 g/mol. The Morgan fingerprint density at radius 2 is 2.07 bits per heavy atom. The monoisotopic (exact) mass is 235 g/mol. The van der Waals surface area contributed by atoms with Crippen molar-refractivity contribution < 1.29 is 14.3 Å². The molecule has 5 heteroatoms. The van der Waals surface area contributed by atoms with E-state index in [9.17, 15) is 4.79 Å². The summed E-state index contributed by atoms with van der Waals surface area (Å²) in [5.41, 5.74) is 5.53. The highest BCUT2D eigenvalue weighted by molar-refractivity contribution is 7.80. The van der Waals surface area contributed by atoms with Gasteiger partial charge in [0, 0.05) is 6.61 Å². The summed E-state index contributed by atoms with van der Waals surface area (Å²) >= 11 is 3.99. The lowest BCUT2D eigenvalue weighted by atomic mass is 10.2. The molecule has 0 saturated heterocycles. The molecule has 0 aliphatic heterocycles. The Hall–Kier alpha value is -0.260. The number of rotatable bonds is 8. The van der Waals surface area contributed by atoms with Gasteiger partial charge in [-0.3, -0.25) is 4.79 Å². The molecule has 0 aromatic carbocycles. The Bertz CT molecular complexity index is 176. The van der Waals surface area contributed by atoms with E-state index in [0.717, 1.165) is 0 Å². The fourth-order valence-corrected chi connectivity index (χ4v) is 1.16. The number of nitrogens with two attached hydrogens (primary N) is 1. The maximum atomic E-state index is 11.2. The third-order valence-electron chi connectivity index (χ3n) is 1.67. The van der Waals surface area contributed by atoms with Gasteiger partial charge < -0.3 is 15.2 Å². The van der Waals surface area contributed by atoms with Crippen LogP contribution in [0.4, 0.5) is 0 Å². The molecule has 0 radical (unpaired) electrons. The Labute approximate surface area is 96.9 Å². The molecular formula is C10H21NO3S. The first kappa shape index (κ1) is 14.7. The van der Waals surface area contributed by atoms with Crippen molar-refractivity contribution in [3.8, 4) is 0 Å². The van der Waals surface area contributed by atoms with Crippen molar-refractivity contribution in [2.75, 3.05) is 25.6 Å². The Morgan fingerprint density at radius 1 is 1.40 bits per heavy atom. The number of hydrogen-bond acceptors (Lipinski definition) is 5. The van der Waals surface area contributed by atoms with Crippen LogP contribution in [0.25, 0.3) is 0 Å². The fraction of sp³-hybridized carbons (Fsp3) is 0.900. The highest BCUT2D eigenvalue weighted by Crippen LogP contribution is 1.95. The van der Waals surface area contributed by atoms with Gasteiger partial charge in [0.1, 0.15) is 12.6 Å². The first-order valence-electron chi connectivity index (χ1n) is 5.18. The summed E-state index contributed by atoms with van der Waals surface area (Å²) < 4.78 is 10.2. The second-order valence-corrected chi connectivity index (χ2v) is 4.20. The topological polar surface area (TPSA) is 61.5 Å². The van der Waals surface area contributed by atoms with Crippen LogP contribution in [0.1, 0.15) is 20.3 Å². The van der Waals surface area contributed by atoms with Gasteiger partial charge in [0.25, 0.3) is 0 Å². The molecule has 0 aliphatic rings. The predicted molar refractivity (Wildman–Crippen MR) is 63.1 cm³/mol. The van der Waals surface area contributed by atoms with Crippen molar-refractivity contribution in [2.24, 2.45) is 11.7 Å². The number of carbonyl (C=O) groups is 1. The van der Waals surface area contributed by atoms with Crippen LogP contribution in [-0.2, 0) is 14.3 Å². The molecule has 1 unspecified atom stereocenters. The number of esters is 1. The minimum Gasteiger partial charge on any atom is -0.462 e. The van der Waals surface area contributed by atoms with Crippen LogP contribution in [0.2, 0.25) is 0 Å². The summed E-state index contributed by atoms with van der Waals surface area (Å²) in [7, 11) is 0. The van der Waals surface area contributed by atoms with E-state index >= 15 is 0 Å². The molecule has 0 saturated carbocycles. The second-order valence-electron chi connectivity index (χ2n) is 3.76. The Balaban J connectivity index is 3.38. The van der Waals surface area contributed by atoms with Gasteiger partial charge in [-0.25, -0.2) is 0 Å². The quantitative estimate of drug-likeness (QED) is 0.372. The standard InChI is InChI=1S/C10H21NO3S/c1-8(2)7-13-4-5-14-10(12)9(11)3-6-15/h8-9,15H,3-7,11H2,1-2H3. The summed E-state index contributed by atoms with van der Waals surface area (Å²) in [6.45, 7) is 5.51. The van der Waals surface area contributed by atoms with E-state index < -0.39 is 6.04 Å². The van der Waals surface area contributed by atoms with Crippen molar-refractivity contribution in [1.82, 2.24) is 0 Å². The summed E-state index contributed by atoms with van der Waals surface area (Å²) in [6, 6.07) is -0.562. The maximum absolute atomic E-state index is 11.2. The van der Waals surface area contributed by atoms with E-state index in [1.165, 1.54) is 0 Å². The summed E-state index contributed by atoms with van der Waals surface area (Å²) in [4.78, 5) is 11.2. The van der Waals surface area contributed by atoms with E-state index in [-0.39, 0.29) is 12.6 Å². The Kier molecular flexibility index (Phi) is 8.85. The van der Waals surface area contributed by atoms with E-state index in [4.69, 9.17) is 15.2 Å². The molecule has 0 aliphatic carbocycles. The number of ether oxygens (including phenoxy) is 2. The van der Waals surface area contributed by atoms with E-state index in [0.29, 0.717) is 31.3 Å². The van der Waals surface area contributed by atoms with Gasteiger partial charge in [0.15, 0.2) is 0 Å².